The van der Waals surface area contributed by atoms with Gasteiger partial charge in [-0.3, -0.25) is 4.79 Å². The fourth-order valence-corrected chi connectivity index (χ4v) is 1.54. The molecule has 1 aromatic rings. The molecule has 0 radical (unpaired) electrons. The first-order chi connectivity index (χ1) is 9.79. The summed E-state index contributed by atoms with van der Waals surface area (Å²) in [6.07, 6.45) is -1.23. The fraction of sp³-hybridized carbons (Fsp3) is 0.308. The Kier molecular flexibility index (Phi) is 5.67. The van der Waals surface area contributed by atoms with E-state index in [-0.39, 0.29) is 5.91 Å². The minimum absolute atomic E-state index is 0.213. The number of benzene rings is 1. The van der Waals surface area contributed by atoms with Gasteiger partial charge in [0.05, 0.1) is 6.10 Å². The van der Waals surface area contributed by atoms with Gasteiger partial charge in [0, 0.05) is 18.3 Å². The van der Waals surface area contributed by atoms with Gasteiger partial charge >= 0.3 is 12.0 Å². The number of urea groups is 1. The Hall–Kier alpha value is -2.61. The number of nitrogens with one attached hydrogen (secondary N) is 3. The number of carboxylic acids is 1. The molecule has 0 bridgehead atoms. The monoisotopic (exact) mass is 295 g/mol. The van der Waals surface area contributed by atoms with Crippen LogP contribution in [0.5, 0.6) is 0 Å². The average molecular weight is 295 g/mol. The lowest BCUT2D eigenvalue weighted by atomic mass is 10.2. The first-order valence-corrected chi connectivity index (χ1v) is 6.15. The standard InChI is InChI=1S/C13H17N3O5/c1-7(17)11(12(19)20)16-13(21)15-10-5-3-9(4-6-10)14-8(2)18/h3-7,11,17H,1-2H3,(H,14,18)(H,19,20)(H2,15,16,21)/t7-,11+/m1/s1. The predicted molar refractivity (Wildman–Crippen MR) is 76.0 cm³/mol. The molecule has 0 heterocycles. The van der Waals surface area contributed by atoms with E-state index >= 15 is 0 Å². The van der Waals surface area contributed by atoms with E-state index < -0.39 is 24.1 Å². The van der Waals surface area contributed by atoms with Crippen LogP contribution in [-0.2, 0) is 9.59 Å². The molecule has 8 heteroatoms. The molecule has 0 aliphatic carbocycles. The van der Waals surface area contributed by atoms with E-state index in [1.807, 2.05) is 0 Å². The molecule has 0 spiro atoms. The maximum atomic E-state index is 11.6. The summed E-state index contributed by atoms with van der Waals surface area (Å²) < 4.78 is 0. The van der Waals surface area contributed by atoms with Crippen molar-refractivity contribution < 1.29 is 24.6 Å². The summed E-state index contributed by atoms with van der Waals surface area (Å²) in [5, 5.41) is 25.2. The van der Waals surface area contributed by atoms with Gasteiger partial charge in [-0.15, -0.1) is 0 Å². The molecule has 8 nitrogen and oxygen atoms in total. The van der Waals surface area contributed by atoms with E-state index in [4.69, 9.17) is 5.11 Å². The lowest BCUT2D eigenvalue weighted by Crippen LogP contribution is -2.49. The predicted octanol–water partition coefficient (Wildman–Crippen LogP) is 0.600. The highest BCUT2D eigenvalue weighted by atomic mass is 16.4. The lowest BCUT2D eigenvalue weighted by molar-refractivity contribution is -0.141. The second-order valence-corrected chi connectivity index (χ2v) is 4.41. The number of hydrogen-bond donors (Lipinski definition) is 5. The van der Waals surface area contributed by atoms with Gasteiger partial charge in [-0.25, -0.2) is 9.59 Å². The van der Waals surface area contributed by atoms with E-state index in [0.29, 0.717) is 11.4 Å². The number of carbonyl (C=O) groups is 3. The topological polar surface area (TPSA) is 128 Å². The number of anilines is 2. The van der Waals surface area contributed by atoms with Gasteiger partial charge in [0.25, 0.3) is 0 Å². The average Bonchev–Trinajstić information content (AvgIpc) is 2.37. The number of carbonyl (C=O) groups excluding carboxylic acids is 2. The molecule has 5 N–H and O–H groups in total. The molecule has 0 aliphatic rings. The van der Waals surface area contributed by atoms with Gasteiger partial charge in [-0.2, -0.15) is 0 Å². The van der Waals surface area contributed by atoms with Crippen molar-refractivity contribution >= 4 is 29.3 Å². The minimum atomic E-state index is -1.40. The van der Waals surface area contributed by atoms with Crippen LogP contribution in [0.1, 0.15) is 13.8 Å². The van der Waals surface area contributed by atoms with E-state index in [1.54, 1.807) is 24.3 Å². The van der Waals surface area contributed by atoms with Gasteiger partial charge < -0.3 is 26.2 Å². The van der Waals surface area contributed by atoms with Crippen LogP contribution in [0.2, 0.25) is 0 Å². The van der Waals surface area contributed by atoms with Crippen molar-refractivity contribution in [3.8, 4) is 0 Å². The summed E-state index contributed by atoms with van der Waals surface area (Å²) in [5.74, 6) is -1.55. The Labute approximate surface area is 121 Å². The molecule has 0 fully saturated rings. The fourth-order valence-electron chi connectivity index (χ4n) is 1.54. The third-order valence-corrected chi connectivity index (χ3v) is 2.50. The van der Waals surface area contributed by atoms with Crippen LogP contribution < -0.4 is 16.0 Å². The van der Waals surface area contributed by atoms with Crippen molar-refractivity contribution in [1.82, 2.24) is 5.32 Å². The third kappa shape index (κ3) is 5.49. The molecular formula is C13H17N3O5. The van der Waals surface area contributed by atoms with Crippen LogP contribution in [0.25, 0.3) is 0 Å². The zero-order chi connectivity index (χ0) is 16.0. The van der Waals surface area contributed by atoms with Gasteiger partial charge in [0.2, 0.25) is 5.91 Å². The highest BCUT2D eigenvalue weighted by Crippen LogP contribution is 2.13. The molecule has 1 aromatic carbocycles. The van der Waals surface area contributed by atoms with Crippen LogP contribution in [0.4, 0.5) is 16.2 Å². The molecule has 0 unspecified atom stereocenters. The quantitative estimate of drug-likeness (QED) is 0.543. The zero-order valence-electron chi connectivity index (χ0n) is 11.6. The number of aliphatic hydroxyl groups is 1. The van der Waals surface area contributed by atoms with E-state index in [0.717, 1.165) is 0 Å². The van der Waals surface area contributed by atoms with Gasteiger partial charge in [-0.1, -0.05) is 0 Å². The zero-order valence-corrected chi connectivity index (χ0v) is 11.6. The Bertz CT molecular complexity index is 527. The van der Waals surface area contributed by atoms with E-state index in [9.17, 15) is 19.5 Å². The number of aliphatic carboxylic acids is 1. The SMILES string of the molecule is CC(=O)Nc1ccc(NC(=O)N[C@H](C(=O)O)[C@@H](C)O)cc1. The summed E-state index contributed by atoms with van der Waals surface area (Å²) in [4.78, 5) is 33.3. The van der Waals surface area contributed by atoms with Crippen LogP contribution in [0.15, 0.2) is 24.3 Å². The largest absolute Gasteiger partial charge is 0.480 e. The smallest absolute Gasteiger partial charge is 0.328 e. The molecule has 0 saturated heterocycles. The lowest BCUT2D eigenvalue weighted by Gasteiger charge is -2.17. The van der Waals surface area contributed by atoms with Gasteiger partial charge in [-0.05, 0) is 31.2 Å². The van der Waals surface area contributed by atoms with E-state index in [2.05, 4.69) is 16.0 Å². The highest BCUT2D eigenvalue weighted by molar-refractivity contribution is 5.93. The maximum absolute atomic E-state index is 11.6. The van der Waals surface area contributed by atoms with Crippen molar-refractivity contribution in [3.63, 3.8) is 0 Å². The maximum Gasteiger partial charge on any atom is 0.328 e. The van der Waals surface area contributed by atoms with Crippen LogP contribution in [0.3, 0.4) is 0 Å². The summed E-state index contributed by atoms with van der Waals surface area (Å²) in [7, 11) is 0. The normalized spacial score (nSPS) is 12.9. The third-order valence-electron chi connectivity index (χ3n) is 2.50. The number of carboxylic acid groups (broad SMARTS) is 1. The number of rotatable bonds is 5. The van der Waals surface area contributed by atoms with E-state index in [1.165, 1.54) is 13.8 Å². The number of aliphatic hydroxyl groups excluding tert-OH is 1. The van der Waals surface area contributed by atoms with Crippen LogP contribution in [-0.4, -0.2) is 40.3 Å². The second-order valence-electron chi connectivity index (χ2n) is 4.41. The Balaban J connectivity index is 2.62. The molecule has 3 amide bonds. The van der Waals surface area contributed by atoms with Crippen molar-refractivity contribution in [2.24, 2.45) is 0 Å². The number of hydrogen-bond acceptors (Lipinski definition) is 4. The molecule has 2 atom stereocenters. The molecule has 0 aliphatic heterocycles. The van der Waals surface area contributed by atoms with Gasteiger partial charge in [0.1, 0.15) is 0 Å². The molecule has 0 aromatic heterocycles. The second kappa shape index (κ2) is 7.25. The first kappa shape index (κ1) is 16.4. The molecule has 114 valence electrons. The molecule has 1 rings (SSSR count). The summed E-state index contributed by atoms with van der Waals surface area (Å²) >= 11 is 0. The summed E-state index contributed by atoms with van der Waals surface area (Å²) in [6.45, 7) is 2.64. The molecule has 21 heavy (non-hydrogen) atoms. The first-order valence-electron chi connectivity index (χ1n) is 6.15. The summed E-state index contributed by atoms with van der Waals surface area (Å²) in [5.41, 5.74) is 0.984. The summed E-state index contributed by atoms with van der Waals surface area (Å²) in [6, 6.07) is 4.10. The minimum Gasteiger partial charge on any atom is -0.480 e. The number of amides is 3. The van der Waals surface area contributed by atoms with Crippen molar-refractivity contribution in [2.45, 2.75) is 26.0 Å². The van der Waals surface area contributed by atoms with Crippen LogP contribution >= 0.6 is 0 Å². The van der Waals surface area contributed by atoms with Crippen LogP contribution in [0, 0.1) is 0 Å². The molecule has 0 saturated carbocycles. The molecular weight excluding hydrogens is 278 g/mol. The Morgan fingerprint density at radius 1 is 1.05 bits per heavy atom. The Morgan fingerprint density at radius 2 is 1.52 bits per heavy atom. The Morgan fingerprint density at radius 3 is 1.90 bits per heavy atom. The van der Waals surface area contributed by atoms with Crippen molar-refractivity contribution in [1.29, 1.82) is 0 Å². The highest BCUT2D eigenvalue weighted by Gasteiger charge is 2.24. The van der Waals surface area contributed by atoms with Crippen molar-refractivity contribution in [2.75, 3.05) is 10.6 Å². The van der Waals surface area contributed by atoms with Gasteiger partial charge in [0.15, 0.2) is 6.04 Å². The van der Waals surface area contributed by atoms with Crippen molar-refractivity contribution in [3.05, 3.63) is 24.3 Å².